The van der Waals surface area contributed by atoms with Crippen LogP contribution in [0.5, 0.6) is 0 Å². The predicted molar refractivity (Wildman–Crippen MR) is 98.3 cm³/mol. The van der Waals surface area contributed by atoms with Crippen molar-refractivity contribution in [1.29, 1.82) is 0 Å². The highest BCUT2D eigenvalue weighted by Gasteiger charge is 2.23. The third-order valence-electron chi connectivity index (χ3n) is 4.24. The second-order valence-electron chi connectivity index (χ2n) is 6.12. The lowest BCUT2D eigenvalue weighted by Crippen LogP contribution is -2.39. The molecule has 148 valence electrons. The van der Waals surface area contributed by atoms with Crippen LogP contribution in [0, 0.1) is 17.5 Å². The molecule has 29 heavy (non-hydrogen) atoms. The Morgan fingerprint density at radius 2 is 1.41 bits per heavy atom. The summed E-state index contributed by atoms with van der Waals surface area (Å²) < 4.78 is 40.0. The maximum Gasteiger partial charge on any atom is 0.270 e. The number of amides is 2. The molecule has 0 saturated carbocycles. The van der Waals surface area contributed by atoms with E-state index >= 15 is 0 Å². The molecule has 0 aliphatic carbocycles. The maximum absolute atomic E-state index is 13.4. The highest BCUT2D eigenvalue weighted by atomic mass is 19.2. The van der Waals surface area contributed by atoms with E-state index in [4.69, 9.17) is 5.21 Å². The number of hydrogen-bond acceptors (Lipinski definition) is 3. The first-order valence-corrected chi connectivity index (χ1v) is 8.45. The van der Waals surface area contributed by atoms with Crippen LogP contribution in [0.4, 0.5) is 13.2 Å². The average Bonchev–Trinajstić information content (AvgIpc) is 2.75. The van der Waals surface area contributed by atoms with Crippen molar-refractivity contribution in [3.8, 4) is 11.1 Å². The summed E-state index contributed by atoms with van der Waals surface area (Å²) in [4.78, 5) is 24.4. The summed E-state index contributed by atoms with van der Waals surface area (Å²) in [6, 6.07) is 14.4. The van der Waals surface area contributed by atoms with E-state index in [2.05, 4.69) is 5.32 Å². The van der Waals surface area contributed by atoms with E-state index < -0.39 is 35.3 Å². The molecule has 1 atom stereocenters. The molecular formula is C21H15F3N2O3. The van der Waals surface area contributed by atoms with Crippen LogP contribution < -0.4 is 10.8 Å². The molecule has 0 bridgehead atoms. The van der Waals surface area contributed by atoms with E-state index in [9.17, 15) is 22.8 Å². The van der Waals surface area contributed by atoms with Crippen molar-refractivity contribution in [1.82, 2.24) is 10.8 Å². The minimum atomic E-state index is -1.56. The molecule has 2 amide bonds. The molecule has 0 spiro atoms. The van der Waals surface area contributed by atoms with Crippen molar-refractivity contribution >= 4 is 11.8 Å². The fraction of sp³-hybridized carbons (Fsp3) is 0.0476. The van der Waals surface area contributed by atoms with Crippen LogP contribution in [-0.4, -0.2) is 17.0 Å². The molecule has 0 aliphatic heterocycles. The van der Waals surface area contributed by atoms with Gasteiger partial charge in [0.2, 0.25) is 0 Å². The molecular weight excluding hydrogens is 385 g/mol. The van der Waals surface area contributed by atoms with Crippen LogP contribution in [0.1, 0.15) is 22.0 Å². The lowest BCUT2D eigenvalue weighted by molar-refractivity contribution is -0.131. The summed E-state index contributed by atoms with van der Waals surface area (Å²) in [5.41, 5.74) is 2.59. The van der Waals surface area contributed by atoms with Crippen LogP contribution in [0.15, 0.2) is 66.7 Å². The van der Waals surface area contributed by atoms with Crippen LogP contribution in [0.25, 0.3) is 11.1 Å². The Balaban J connectivity index is 1.88. The van der Waals surface area contributed by atoms with Gasteiger partial charge in [0.25, 0.3) is 11.8 Å². The average molecular weight is 400 g/mol. The minimum Gasteiger partial charge on any atom is -0.336 e. The van der Waals surface area contributed by atoms with Gasteiger partial charge in [-0.2, -0.15) is 0 Å². The molecule has 1 unspecified atom stereocenters. The quantitative estimate of drug-likeness (QED) is 0.347. The van der Waals surface area contributed by atoms with Gasteiger partial charge in [0, 0.05) is 5.56 Å². The standard InChI is InChI=1S/C21H15F3N2O3/c22-16-10-15(11-17(23)18(16)24)12-6-8-13(9-7-12)19(21(28)26-29)25-20(27)14-4-2-1-3-5-14/h1-11,19,29H,(H,25,27)(H,26,28). The minimum absolute atomic E-state index is 0.101. The Labute approximate surface area is 163 Å². The van der Waals surface area contributed by atoms with Crippen molar-refractivity contribution in [2.75, 3.05) is 0 Å². The zero-order valence-corrected chi connectivity index (χ0v) is 14.8. The summed E-state index contributed by atoms with van der Waals surface area (Å²) >= 11 is 0. The monoisotopic (exact) mass is 400 g/mol. The third kappa shape index (κ3) is 4.44. The summed E-state index contributed by atoms with van der Waals surface area (Å²) in [5.74, 6) is -5.62. The van der Waals surface area contributed by atoms with Gasteiger partial charge in [-0.15, -0.1) is 0 Å². The van der Waals surface area contributed by atoms with Crippen molar-refractivity contribution in [3.63, 3.8) is 0 Å². The Kier molecular flexibility index (Phi) is 5.94. The van der Waals surface area contributed by atoms with Gasteiger partial charge in [-0.05, 0) is 41.0 Å². The number of carbonyl (C=O) groups excluding carboxylic acids is 2. The van der Waals surface area contributed by atoms with Gasteiger partial charge in [-0.3, -0.25) is 14.8 Å². The molecule has 0 fully saturated rings. The summed E-state index contributed by atoms with van der Waals surface area (Å²) in [6.45, 7) is 0. The van der Waals surface area contributed by atoms with Crippen LogP contribution in [0.2, 0.25) is 0 Å². The first-order valence-electron chi connectivity index (χ1n) is 8.45. The van der Waals surface area contributed by atoms with Crippen molar-refractivity contribution in [3.05, 3.63) is 95.3 Å². The fourth-order valence-corrected chi connectivity index (χ4v) is 2.76. The molecule has 3 rings (SSSR count). The molecule has 3 N–H and O–H groups in total. The lowest BCUT2D eigenvalue weighted by atomic mass is 9.99. The van der Waals surface area contributed by atoms with Gasteiger partial charge in [-0.25, -0.2) is 18.7 Å². The summed E-state index contributed by atoms with van der Waals surface area (Å²) in [7, 11) is 0. The van der Waals surface area contributed by atoms with Gasteiger partial charge in [0.1, 0.15) is 6.04 Å². The molecule has 3 aromatic carbocycles. The van der Waals surface area contributed by atoms with Gasteiger partial charge in [0.05, 0.1) is 0 Å². The Morgan fingerprint density at radius 3 is 1.97 bits per heavy atom. The van der Waals surface area contributed by atoms with Crippen molar-refractivity contribution < 1.29 is 28.0 Å². The van der Waals surface area contributed by atoms with Crippen LogP contribution in [-0.2, 0) is 4.79 Å². The SMILES string of the molecule is O=C(NC(C(=O)NO)c1ccc(-c2cc(F)c(F)c(F)c2)cc1)c1ccccc1. The topological polar surface area (TPSA) is 78.4 Å². The lowest BCUT2D eigenvalue weighted by Gasteiger charge is -2.18. The second kappa shape index (κ2) is 8.57. The van der Waals surface area contributed by atoms with E-state index in [-0.39, 0.29) is 5.56 Å². The molecule has 8 heteroatoms. The van der Waals surface area contributed by atoms with Crippen molar-refractivity contribution in [2.24, 2.45) is 0 Å². The van der Waals surface area contributed by atoms with E-state index in [1.165, 1.54) is 29.7 Å². The molecule has 0 aliphatic rings. The highest BCUT2D eigenvalue weighted by Crippen LogP contribution is 2.25. The number of rotatable bonds is 5. The normalized spacial score (nSPS) is 11.6. The largest absolute Gasteiger partial charge is 0.336 e. The molecule has 3 aromatic rings. The Bertz CT molecular complexity index is 1020. The zero-order chi connectivity index (χ0) is 21.0. The zero-order valence-electron chi connectivity index (χ0n) is 14.8. The third-order valence-corrected chi connectivity index (χ3v) is 4.24. The van der Waals surface area contributed by atoms with E-state index in [0.29, 0.717) is 16.7 Å². The summed E-state index contributed by atoms with van der Waals surface area (Å²) in [6.07, 6.45) is 0. The van der Waals surface area contributed by atoms with Gasteiger partial charge in [0.15, 0.2) is 17.5 Å². The molecule has 0 saturated heterocycles. The number of halogens is 3. The van der Waals surface area contributed by atoms with Gasteiger partial charge < -0.3 is 5.32 Å². The van der Waals surface area contributed by atoms with E-state index in [0.717, 1.165) is 12.1 Å². The van der Waals surface area contributed by atoms with Crippen molar-refractivity contribution in [2.45, 2.75) is 6.04 Å². The Morgan fingerprint density at radius 1 is 0.828 bits per heavy atom. The molecule has 0 radical (unpaired) electrons. The number of hydroxylamine groups is 1. The van der Waals surface area contributed by atoms with Crippen LogP contribution >= 0.6 is 0 Å². The highest BCUT2D eigenvalue weighted by molar-refractivity contribution is 5.97. The Hall–Kier alpha value is -3.65. The number of carbonyl (C=O) groups is 2. The first-order chi connectivity index (χ1) is 13.9. The number of hydrogen-bond donors (Lipinski definition) is 3. The fourth-order valence-electron chi connectivity index (χ4n) is 2.76. The molecule has 0 heterocycles. The first kappa shape index (κ1) is 20.1. The number of nitrogens with one attached hydrogen (secondary N) is 2. The summed E-state index contributed by atoms with van der Waals surface area (Å²) in [5, 5.41) is 11.5. The van der Waals surface area contributed by atoms with Crippen LogP contribution in [0.3, 0.4) is 0 Å². The predicted octanol–water partition coefficient (Wildman–Crippen LogP) is 3.75. The number of benzene rings is 3. The maximum atomic E-state index is 13.4. The second-order valence-corrected chi connectivity index (χ2v) is 6.12. The smallest absolute Gasteiger partial charge is 0.270 e. The van der Waals surface area contributed by atoms with Gasteiger partial charge in [-0.1, -0.05) is 42.5 Å². The van der Waals surface area contributed by atoms with E-state index in [1.807, 2.05) is 0 Å². The van der Waals surface area contributed by atoms with Gasteiger partial charge >= 0.3 is 0 Å². The van der Waals surface area contributed by atoms with E-state index in [1.54, 1.807) is 30.3 Å². The molecule has 5 nitrogen and oxygen atoms in total. The molecule has 0 aromatic heterocycles.